The van der Waals surface area contributed by atoms with Crippen molar-refractivity contribution in [1.29, 1.82) is 0 Å². The minimum absolute atomic E-state index is 0.221. The number of hydrogen-bond acceptors (Lipinski definition) is 4. The molecule has 1 aliphatic carbocycles. The topological polar surface area (TPSA) is 49.8 Å². The van der Waals surface area contributed by atoms with Crippen LogP contribution in [-0.4, -0.2) is 48.3 Å². The minimum atomic E-state index is -0.410. The monoisotopic (exact) mass is 267 g/mol. The molecule has 0 saturated carbocycles. The average Bonchev–Trinajstić information content (AvgIpc) is 2.74. The molecule has 2 aliphatic rings. The summed E-state index contributed by atoms with van der Waals surface area (Å²) in [6, 6.07) is -0.276. The normalized spacial score (nSPS) is 36.1. The van der Waals surface area contributed by atoms with Crippen LogP contribution in [0.5, 0.6) is 0 Å². The summed E-state index contributed by atoms with van der Waals surface area (Å²) in [6.07, 6.45) is 4.77. The Morgan fingerprint density at radius 3 is 2.95 bits per heavy atom. The van der Waals surface area contributed by atoms with Gasteiger partial charge in [-0.05, 0) is 31.6 Å². The first-order valence-electron chi connectivity index (χ1n) is 7.19. The zero-order chi connectivity index (χ0) is 14.0. The number of β-amino-alcohol motifs (C(OH)–C–C–N with tert-alkyl or cyclic N) is 1. The Kier molecular flexibility index (Phi) is 4.63. The predicted octanol–water partition coefficient (Wildman–Crippen LogP) is 1.59. The van der Waals surface area contributed by atoms with Crippen molar-refractivity contribution in [1.82, 2.24) is 4.90 Å². The highest BCUT2D eigenvalue weighted by Gasteiger charge is 2.38. The molecule has 4 heteroatoms. The molecule has 108 valence electrons. The van der Waals surface area contributed by atoms with Gasteiger partial charge in [0.2, 0.25) is 0 Å². The number of hydrogen-bond donors (Lipinski definition) is 1. The molecule has 0 aromatic rings. The van der Waals surface area contributed by atoms with Gasteiger partial charge in [0.1, 0.15) is 6.04 Å². The zero-order valence-corrected chi connectivity index (χ0v) is 12.1. The van der Waals surface area contributed by atoms with Crippen molar-refractivity contribution in [3.05, 3.63) is 11.6 Å². The van der Waals surface area contributed by atoms with E-state index in [2.05, 4.69) is 24.8 Å². The van der Waals surface area contributed by atoms with E-state index in [1.807, 2.05) is 0 Å². The molecule has 1 saturated heterocycles. The average molecular weight is 267 g/mol. The number of ether oxygens (including phenoxy) is 1. The van der Waals surface area contributed by atoms with E-state index in [0.29, 0.717) is 24.8 Å². The Labute approximate surface area is 115 Å². The number of carbonyl (C=O) groups excluding carboxylic acids is 1. The molecule has 19 heavy (non-hydrogen) atoms. The van der Waals surface area contributed by atoms with Gasteiger partial charge in [0.25, 0.3) is 0 Å². The van der Waals surface area contributed by atoms with Gasteiger partial charge in [-0.1, -0.05) is 18.6 Å². The first kappa shape index (κ1) is 14.5. The molecule has 2 rings (SSSR count). The summed E-state index contributed by atoms with van der Waals surface area (Å²) in [6.45, 7) is 5.89. The quantitative estimate of drug-likeness (QED) is 0.623. The molecule has 0 unspecified atom stereocenters. The number of aliphatic hydroxyl groups is 1. The van der Waals surface area contributed by atoms with Crippen LogP contribution in [0, 0.1) is 11.8 Å². The third kappa shape index (κ3) is 3.18. The summed E-state index contributed by atoms with van der Waals surface area (Å²) in [5, 5.41) is 9.81. The summed E-state index contributed by atoms with van der Waals surface area (Å²) in [5.41, 5.74) is 1.42. The van der Waals surface area contributed by atoms with Gasteiger partial charge in [0, 0.05) is 19.5 Å². The van der Waals surface area contributed by atoms with Crippen molar-refractivity contribution in [2.45, 2.75) is 45.3 Å². The second-order valence-electron chi connectivity index (χ2n) is 5.99. The van der Waals surface area contributed by atoms with Crippen LogP contribution in [0.2, 0.25) is 0 Å². The van der Waals surface area contributed by atoms with Crippen LogP contribution in [0.3, 0.4) is 0 Å². The molecule has 1 heterocycles. The zero-order valence-electron chi connectivity index (χ0n) is 12.1. The summed E-state index contributed by atoms with van der Waals surface area (Å²) >= 11 is 0. The molecular formula is C15H25NO3. The summed E-state index contributed by atoms with van der Waals surface area (Å²) in [5.74, 6) is 0.911. The molecule has 0 aromatic heterocycles. The number of methoxy groups -OCH3 is 1. The first-order valence-corrected chi connectivity index (χ1v) is 7.19. The molecule has 4 nitrogen and oxygen atoms in total. The van der Waals surface area contributed by atoms with Gasteiger partial charge in [0.05, 0.1) is 13.2 Å². The highest BCUT2D eigenvalue weighted by Crippen LogP contribution is 2.32. The fraction of sp³-hybridized carbons (Fsp3) is 0.800. The maximum atomic E-state index is 11.8. The number of esters is 1. The van der Waals surface area contributed by atoms with E-state index in [1.54, 1.807) is 0 Å². The molecule has 1 N–H and O–H groups in total. The lowest BCUT2D eigenvalue weighted by atomic mass is 9.79. The van der Waals surface area contributed by atoms with Crippen LogP contribution >= 0.6 is 0 Å². The van der Waals surface area contributed by atoms with E-state index in [-0.39, 0.29) is 12.0 Å². The van der Waals surface area contributed by atoms with E-state index < -0.39 is 6.10 Å². The standard InChI is InChI=1S/C15H25NO3/c1-10-5-4-6-11(2)13(10)9-16-8-12(17)7-14(16)15(18)19-3/h5,11-14,17H,4,6-9H2,1-3H3/t11-,12-,13+,14+/m1/s1. The van der Waals surface area contributed by atoms with Crippen molar-refractivity contribution in [3.63, 3.8) is 0 Å². The minimum Gasteiger partial charge on any atom is -0.468 e. The van der Waals surface area contributed by atoms with E-state index in [1.165, 1.54) is 19.1 Å². The third-order valence-corrected chi connectivity index (χ3v) is 4.65. The van der Waals surface area contributed by atoms with E-state index in [9.17, 15) is 9.90 Å². The first-order chi connectivity index (χ1) is 9.02. The van der Waals surface area contributed by atoms with Gasteiger partial charge in [0.15, 0.2) is 0 Å². The van der Waals surface area contributed by atoms with E-state index >= 15 is 0 Å². The molecule has 1 fully saturated rings. The van der Waals surface area contributed by atoms with Crippen LogP contribution in [-0.2, 0) is 9.53 Å². The van der Waals surface area contributed by atoms with Crippen molar-refractivity contribution in [3.8, 4) is 0 Å². The molecule has 0 spiro atoms. The van der Waals surface area contributed by atoms with E-state index in [4.69, 9.17) is 4.74 Å². The van der Waals surface area contributed by atoms with Gasteiger partial charge in [-0.3, -0.25) is 9.69 Å². The van der Waals surface area contributed by atoms with Crippen molar-refractivity contribution in [2.75, 3.05) is 20.2 Å². The smallest absolute Gasteiger partial charge is 0.323 e. The summed E-state index contributed by atoms with van der Waals surface area (Å²) in [4.78, 5) is 13.9. The van der Waals surface area contributed by atoms with Crippen molar-refractivity contribution >= 4 is 5.97 Å². The SMILES string of the molecule is COC(=O)[C@@H]1C[C@@H](O)CN1C[C@H]1C(C)=CCC[C@H]1C. The number of carbonyl (C=O) groups is 1. The lowest BCUT2D eigenvalue weighted by Gasteiger charge is -2.34. The number of rotatable bonds is 3. The molecule has 4 atom stereocenters. The van der Waals surface area contributed by atoms with Gasteiger partial charge in [-0.25, -0.2) is 0 Å². The Bertz CT molecular complexity index is 366. The Morgan fingerprint density at radius 1 is 1.58 bits per heavy atom. The van der Waals surface area contributed by atoms with Gasteiger partial charge in [-0.15, -0.1) is 0 Å². The maximum absolute atomic E-state index is 11.8. The lowest BCUT2D eigenvalue weighted by molar-refractivity contribution is -0.146. The molecule has 0 amide bonds. The third-order valence-electron chi connectivity index (χ3n) is 4.65. The van der Waals surface area contributed by atoms with Gasteiger partial charge in [-0.2, -0.15) is 0 Å². The number of nitrogens with zero attached hydrogens (tertiary/aromatic N) is 1. The molecular weight excluding hydrogens is 242 g/mol. The summed E-state index contributed by atoms with van der Waals surface area (Å²) in [7, 11) is 1.42. The predicted molar refractivity (Wildman–Crippen MR) is 73.6 cm³/mol. The lowest BCUT2D eigenvalue weighted by Crippen LogP contribution is -2.41. The van der Waals surface area contributed by atoms with Crippen molar-refractivity contribution < 1.29 is 14.6 Å². The summed E-state index contributed by atoms with van der Waals surface area (Å²) < 4.78 is 4.85. The van der Waals surface area contributed by atoms with Crippen LogP contribution in [0.1, 0.15) is 33.1 Å². The Hall–Kier alpha value is -0.870. The molecule has 0 radical (unpaired) electrons. The molecule has 0 aromatic carbocycles. The van der Waals surface area contributed by atoms with Crippen LogP contribution in [0.4, 0.5) is 0 Å². The Morgan fingerprint density at radius 2 is 2.32 bits per heavy atom. The second kappa shape index (κ2) is 6.06. The van der Waals surface area contributed by atoms with Crippen molar-refractivity contribution in [2.24, 2.45) is 11.8 Å². The van der Waals surface area contributed by atoms with Crippen LogP contribution in [0.25, 0.3) is 0 Å². The molecule has 0 bridgehead atoms. The molecule has 1 aliphatic heterocycles. The van der Waals surface area contributed by atoms with Crippen LogP contribution in [0.15, 0.2) is 11.6 Å². The highest BCUT2D eigenvalue weighted by molar-refractivity contribution is 5.76. The largest absolute Gasteiger partial charge is 0.468 e. The van der Waals surface area contributed by atoms with Gasteiger partial charge >= 0.3 is 5.97 Å². The van der Waals surface area contributed by atoms with E-state index in [0.717, 1.165) is 13.0 Å². The fourth-order valence-corrected chi connectivity index (χ4v) is 3.41. The number of aliphatic hydroxyl groups excluding tert-OH is 1. The van der Waals surface area contributed by atoms with Crippen LogP contribution < -0.4 is 0 Å². The Balaban J connectivity index is 2.06. The highest BCUT2D eigenvalue weighted by atomic mass is 16.5. The second-order valence-corrected chi connectivity index (χ2v) is 5.99. The van der Waals surface area contributed by atoms with Gasteiger partial charge < -0.3 is 9.84 Å². The fourth-order valence-electron chi connectivity index (χ4n) is 3.41. The number of likely N-dealkylation sites (tertiary alicyclic amines) is 1. The maximum Gasteiger partial charge on any atom is 0.323 e. The number of allylic oxidation sites excluding steroid dienone is 1.